The van der Waals surface area contributed by atoms with E-state index >= 15 is 0 Å². The van der Waals surface area contributed by atoms with Crippen molar-refractivity contribution in [2.24, 2.45) is 0 Å². The van der Waals surface area contributed by atoms with E-state index in [0.29, 0.717) is 18.2 Å². The number of aliphatic hydroxyl groups excluding tert-OH is 1. The summed E-state index contributed by atoms with van der Waals surface area (Å²) in [5.41, 5.74) is 0.696. The largest absolute Gasteiger partial charge is 0.393 e. The highest BCUT2D eigenvalue weighted by molar-refractivity contribution is 9.10. The van der Waals surface area contributed by atoms with Crippen molar-refractivity contribution in [2.45, 2.75) is 51.3 Å². The summed E-state index contributed by atoms with van der Waals surface area (Å²) >= 11 is 3.41. The summed E-state index contributed by atoms with van der Waals surface area (Å²) in [6, 6.07) is 2.30. The van der Waals surface area contributed by atoms with E-state index in [1.807, 2.05) is 23.8 Å². The normalized spacial score (nSPS) is 18.4. The van der Waals surface area contributed by atoms with Gasteiger partial charge in [0.2, 0.25) is 0 Å². The molecule has 0 saturated heterocycles. The fourth-order valence-corrected chi connectivity index (χ4v) is 2.59. The van der Waals surface area contributed by atoms with Crippen molar-refractivity contribution in [3.8, 4) is 0 Å². The van der Waals surface area contributed by atoms with Gasteiger partial charge in [0, 0.05) is 22.8 Å². The average molecular weight is 315 g/mol. The standard InChI is InChI=1S/C13H19BrN2O2/c1-8(5-9(2)17)15-13(18)12-6-10(14)7-16(12)11-3-4-11/h6-9,11,17H,3-5H2,1-2H3,(H,15,18). The van der Waals surface area contributed by atoms with Crippen molar-refractivity contribution in [3.63, 3.8) is 0 Å². The molecule has 1 aliphatic rings. The highest BCUT2D eigenvalue weighted by Gasteiger charge is 2.28. The number of halogens is 1. The molecule has 1 aromatic rings. The van der Waals surface area contributed by atoms with Gasteiger partial charge in [0.25, 0.3) is 5.91 Å². The van der Waals surface area contributed by atoms with Crippen LogP contribution >= 0.6 is 15.9 Å². The maximum atomic E-state index is 12.2. The van der Waals surface area contributed by atoms with Gasteiger partial charge in [-0.05, 0) is 55.1 Å². The average Bonchev–Trinajstić information content (AvgIpc) is 3.00. The van der Waals surface area contributed by atoms with Crippen molar-refractivity contribution in [1.29, 1.82) is 0 Å². The molecule has 100 valence electrons. The molecule has 2 rings (SSSR count). The van der Waals surface area contributed by atoms with E-state index in [1.165, 1.54) is 0 Å². The smallest absolute Gasteiger partial charge is 0.268 e. The van der Waals surface area contributed by atoms with Gasteiger partial charge in [-0.3, -0.25) is 4.79 Å². The van der Waals surface area contributed by atoms with Gasteiger partial charge < -0.3 is 15.0 Å². The van der Waals surface area contributed by atoms with Gasteiger partial charge in [-0.25, -0.2) is 0 Å². The van der Waals surface area contributed by atoms with E-state index in [-0.39, 0.29) is 11.9 Å². The van der Waals surface area contributed by atoms with Crippen LogP contribution in [0.1, 0.15) is 49.6 Å². The number of carbonyl (C=O) groups is 1. The molecule has 5 heteroatoms. The molecular weight excluding hydrogens is 296 g/mol. The number of rotatable bonds is 5. The number of aliphatic hydroxyl groups is 1. The molecule has 0 spiro atoms. The molecule has 2 atom stereocenters. The summed E-state index contributed by atoms with van der Waals surface area (Å²) in [4.78, 5) is 12.2. The van der Waals surface area contributed by atoms with Crippen LogP contribution < -0.4 is 5.32 Å². The Kier molecular flexibility index (Phi) is 4.12. The Labute approximate surface area is 116 Å². The molecule has 1 saturated carbocycles. The number of nitrogens with one attached hydrogen (secondary N) is 1. The third-order valence-electron chi connectivity index (χ3n) is 3.06. The SMILES string of the molecule is CC(O)CC(C)NC(=O)c1cc(Br)cn1C1CC1. The molecule has 0 bridgehead atoms. The fraction of sp³-hybridized carbons (Fsp3) is 0.615. The topological polar surface area (TPSA) is 54.3 Å². The van der Waals surface area contributed by atoms with E-state index in [4.69, 9.17) is 0 Å². The Balaban J connectivity index is 2.04. The Morgan fingerprint density at radius 1 is 1.61 bits per heavy atom. The number of aromatic nitrogens is 1. The summed E-state index contributed by atoms with van der Waals surface area (Å²) in [6.45, 7) is 3.64. The second kappa shape index (κ2) is 5.45. The lowest BCUT2D eigenvalue weighted by Crippen LogP contribution is -2.35. The first-order valence-corrected chi connectivity index (χ1v) is 7.13. The Hall–Kier alpha value is -0.810. The minimum absolute atomic E-state index is 0.0289. The first-order chi connectivity index (χ1) is 8.47. The Bertz CT molecular complexity index is 438. The van der Waals surface area contributed by atoms with Crippen LogP contribution in [0.5, 0.6) is 0 Å². The van der Waals surface area contributed by atoms with Gasteiger partial charge in [0.05, 0.1) is 6.10 Å². The second-order valence-electron chi connectivity index (χ2n) is 5.14. The molecule has 0 radical (unpaired) electrons. The van der Waals surface area contributed by atoms with Gasteiger partial charge in [-0.15, -0.1) is 0 Å². The van der Waals surface area contributed by atoms with Crippen LogP contribution in [-0.4, -0.2) is 27.7 Å². The molecule has 2 unspecified atom stereocenters. The fourth-order valence-electron chi connectivity index (χ4n) is 2.15. The van der Waals surface area contributed by atoms with Crippen LogP contribution in [-0.2, 0) is 0 Å². The molecule has 1 heterocycles. The maximum absolute atomic E-state index is 12.2. The van der Waals surface area contributed by atoms with E-state index < -0.39 is 6.10 Å². The molecule has 2 N–H and O–H groups in total. The van der Waals surface area contributed by atoms with Crippen LogP contribution in [0, 0.1) is 0 Å². The third kappa shape index (κ3) is 3.36. The van der Waals surface area contributed by atoms with Crippen molar-refractivity contribution in [1.82, 2.24) is 9.88 Å². The van der Waals surface area contributed by atoms with Crippen LogP contribution in [0.2, 0.25) is 0 Å². The zero-order valence-corrected chi connectivity index (χ0v) is 12.3. The molecule has 1 aliphatic carbocycles. The first kappa shape index (κ1) is 13.6. The lowest BCUT2D eigenvalue weighted by atomic mass is 10.1. The minimum atomic E-state index is -0.401. The van der Waals surface area contributed by atoms with Crippen LogP contribution in [0.25, 0.3) is 0 Å². The van der Waals surface area contributed by atoms with Gasteiger partial charge >= 0.3 is 0 Å². The zero-order valence-electron chi connectivity index (χ0n) is 10.7. The van der Waals surface area contributed by atoms with Crippen LogP contribution in [0.4, 0.5) is 0 Å². The van der Waals surface area contributed by atoms with Crippen molar-refractivity contribution in [2.75, 3.05) is 0 Å². The number of carbonyl (C=O) groups excluding carboxylic acids is 1. The monoisotopic (exact) mass is 314 g/mol. The summed E-state index contributed by atoms with van der Waals surface area (Å²) < 4.78 is 2.97. The van der Waals surface area contributed by atoms with Crippen molar-refractivity contribution < 1.29 is 9.90 Å². The number of amides is 1. The summed E-state index contributed by atoms with van der Waals surface area (Å²) in [5, 5.41) is 12.2. The molecule has 18 heavy (non-hydrogen) atoms. The molecule has 1 aromatic heterocycles. The molecular formula is C13H19BrN2O2. The molecule has 1 amide bonds. The molecule has 4 nitrogen and oxygen atoms in total. The Morgan fingerprint density at radius 2 is 2.28 bits per heavy atom. The molecule has 0 aliphatic heterocycles. The summed E-state index contributed by atoms with van der Waals surface area (Å²) in [5.74, 6) is -0.0687. The van der Waals surface area contributed by atoms with Gasteiger partial charge in [-0.1, -0.05) is 0 Å². The second-order valence-corrected chi connectivity index (χ2v) is 6.06. The minimum Gasteiger partial charge on any atom is -0.393 e. The lowest BCUT2D eigenvalue weighted by molar-refractivity contribution is 0.0913. The number of hydrogen-bond acceptors (Lipinski definition) is 2. The summed E-state index contributed by atoms with van der Waals surface area (Å²) in [6.07, 6.45) is 4.42. The maximum Gasteiger partial charge on any atom is 0.268 e. The van der Waals surface area contributed by atoms with Gasteiger partial charge in [0.15, 0.2) is 0 Å². The van der Waals surface area contributed by atoms with Gasteiger partial charge in [0.1, 0.15) is 5.69 Å². The molecule has 1 fully saturated rings. The van der Waals surface area contributed by atoms with Crippen molar-refractivity contribution in [3.05, 3.63) is 22.4 Å². The zero-order chi connectivity index (χ0) is 13.3. The predicted octanol–water partition coefficient (Wildman–Crippen LogP) is 2.47. The predicted molar refractivity (Wildman–Crippen MR) is 73.6 cm³/mol. The highest BCUT2D eigenvalue weighted by Crippen LogP contribution is 2.37. The van der Waals surface area contributed by atoms with E-state index in [9.17, 15) is 9.90 Å². The van der Waals surface area contributed by atoms with Crippen molar-refractivity contribution >= 4 is 21.8 Å². The van der Waals surface area contributed by atoms with E-state index in [2.05, 4.69) is 21.2 Å². The van der Waals surface area contributed by atoms with Crippen LogP contribution in [0.3, 0.4) is 0 Å². The quantitative estimate of drug-likeness (QED) is 0.877. The first-order valence-electron chi connectivity index (χ1n) is 6.33. The highest BCUT2D eigenvalue weighted by atomic mass is 79.9. The number of nitrogens with zero attached hydrogens (tertiary/aromatic N) is 1. The van der Waals surface area contributed by atoms with Gasteiger partial charge in [-0.2, -0.15) is 0 Å². The third-order valence-corrected chi connectivity index (χ3v) is 3.49. The number of hydrogen-bond donors (Lipinski definition) is 2. The summed E-state index contributed by atoms with van der Waals surface area (Å²) in [7, 11) is 0. The Morgan fingerprint density at radius 3 is 2.83 bits per heavy atom. The van der Waals surface area contributed by atoms with E-state index in [0.717, 1.165) is 17.3 Å². The molecule has 0 aromatic carbocycles. The van der Waals surface area contributed by atoms with E-state index in [1.54, 1.807) is 6.92 Å². The lowest BCUT2D eigenvalue weighted by Gasteiger charge is -2.16. The van der Waals surface area contributed by atoms with Crippen LogP contribution in [0.15, 0.2) is 16.7 Å².